The fourth-order valence-electron chi connectivity index (χ4n) is 2.72. The molecule has 0 saturated heterocycles. The van der Waals surface area contributed by atoms with Crippen LogP contribution in [-0.4, -0.2) is 37.0 Å². The van der Waals surface area contributed by atoms with Crippen molar-refractivity contribution in [1.29, 1.82) is 0 Å². The zero-order chi connectivity index (χ0) is 17.3. The lowest BCUT2D eigenvalue weighted by molar-refractivity contribution is 0.0588. The van der Waals surface area contributed by atoms with Gasteiger partial charge in [0.05, 0.1) is 18.8 Å². The van der Waals surface area contributed by atoms with Crippen molar-refractivity contribution in [2.45, 2.75) is 90.8 Å². The second-order valence-corrected chi connectivity index (χ2v) is 7.18. The van der Waals surface area contributed by atoms with Crippen LogP contribution < -0.4 is 5.32 Å². The molecule has 0 rings (SSSR count). The molecule has 0 spiro atoms. The van der Waals surface area contributed by atoms with Gasteiger partial charge in [0.2, 0.25) is 0 Å². The summed E-state index contributed by atoms with van der Waals surface area (Å²) in [6.07, 6.45) is 13.4. The predicted molar refractivity (Wildman–Crippen MR) is 101 cm³/mol. The molecule has 0 aliphatic carbocycles. The smallest absolute Gasteiger partial charge is 0.0648 e. The summed E-state index contributed by atoms with van der Waals surface area (Å²) in [6, 6.07) is 0. The normalized spacial score (nSPS) is 14.1. The highest BCUT2D eigenvalue weighted by atomic mass is 16.5. The zero-order valence-corrected chi connectivity index (χ0v) is 15.9. The van der Waals surface area contributed by atoms with Crippen molar-refractivity contribution >= 4 is 0 Å². The summed E-state index contributed by atoms with van der Waals surface area (Å²) < 4.78 is 5.85. The van der Waals surface area contributed by atoms with Crippen molar-refractivity contribution in [2.24, 2.45) is 5.92 Å². The Morgan fingerprint density at radius 3 is 2.13 bits per heavy atom. The first-order valence-electron chi connectivity index (χ1n) is 9.67. The van der Waals surface area contributed by atoms with E-state index < -0.39 is 0 Å². The molecule has 0 aromatic carbocycles. The van der Waals surface area contributed by atoms with Crippen LogP contribution in [0.15, 0.2) is 12.7 Å². The summed E-state index contributed by atoms with van der Waals surface area (Å²) in [5, 5.41) is 12.5. The average Bonchev–Trinajstić information content (AvgIpc) is 2.50. The van der Waals surface area contributed by atoms with Gasteiger partial charge in [-0.3, -0.25) is 0 Å². The molecule has 0 aliphatic heterocycles. The van der Waals surface area contributed by atoms with Gasteiger partial charge < -0.3 is 15.2 Å². The second-order valence-electron chi connectivity index (χ2n) is 7.18. The van der Waals surface area contributed by atoms with E-state index in [1.165, 1.54) is 44.9 Å². The first-order chi connectivity index (χ1) is 11.1. The maximum atomic E-state index is 9.24. The lowest BCUT2D eigenvalue weighted by Crippen LogP contribution is -2.28. The fourth-order valence-corrected chi connectivity index (χ4v) is 2.72. The lowest BCUT2D eigenvalue weighted by atomic mass is 10.0. The van der Waals surface area contributed by atoms with Crippen molar-refractivity contribution in [3.05, 3.63) is 12.7 Å². The Morgan fingerprint density at radius 2 is 1.57 bits per heavy atom. The van der Waals surface area contributed by atoms with E-state index in [0.717, 1.165) is 25.3 Å². The van der Waals surface area contributed by atoms with Crippen LogP contribution in [0.4, 0.5) is 0 Å². The Kier molecular flexibility index (Phi) is 16.2. The molecule has 138 valence electrons. The van der Waals surface area contributed by atoms with Crippen LogP contribution in [0.2, 0.25) is 0 Å². The monoisotopic (exact) mass is 327 g/mol. The SMILES string of the molecule is C=CCOC(CCCCCCCCC(C)C)CCNCC(C)O. The average molecular weight is 328 g/mol. The molecule has 3 heteroatoms. The highest BCUT2D eigenvalue weighted by Crippen LogP contribution is 2.14. The number of rotatable bonds is 17. The van der Waals surface area contributed by atoms with Gasteiger partial charge in [0, 0.05) is 6.54 Å². The molecule has 2 N–H and O–H groups in total. The maximum Gasteiger partial charge on any atom is 0.0648 e. The Labute approximate surface area is 144 Å². The minimum Gasteiger partial charge on any atom is -0.392 e. The molecule has 0 amide bonds. The molecule has 2 atom stereocenters. The van der Waals surface area contributed by atoms with E-state index in [2.05, 4.69) is 25.7 Å². The van der Waals surface area contributed by atoms with Gasteiger partial charge in [-0.2, -0.15) is 0 Å². The Bertz CT molecular complexity index is 254. The molecule has 0 saturated carbocycles. The van der Waals surface area contributed by atoms with Crippen LogP contribution in [0.1, 0.15) is 78.6 Å². The summed E-state index contributed by atoms with van der Waals surface area (Å²) in [4.78, 5) is 0. The van der Waals surface area contributed by atoms with Gasteiger partial charge in [-0.1, -0.05) is 64.9 Å². The van der Waals surface area contributed by atoms with Gasteiger partial charge in [0.1, 0.15) is 0 Å². The van der Waals surface area contributed by atoms with Crippen LogP contribution in [0.25, 0.3) is 0 Å². The first-order valence-corrected chi connectivity index (χ1v) is 9.67. The lowest BCUT2D eigenvalue weighted by Gasteiger charge is -2.18. The van der Waals surface area contributed by atoms with Crippen molar-refractivity contribution in [3.8, 4) is 0 Å². The number of ether oxygens (including phenoxy) is 1. The molecule has 0 aromatic rings. The predicted octanol–water partition coefficient (Wildman–Crippen LogP) is 4.69. The van der Waals surface area contributed by atoms with E-state index in [4.69, 9.17) is 4.74 Å². The van der Waals surface area contributed by atoms with Crippen molar-refractivity contribution in [1.82, 2.24) is 5.32 Å². The third-order valence-corrected chi connectivity index (χ3v) is 4.09. The number of aliphatic hydroxyl groups is 1. The van der Waals surface area contributed by atoms with E-state index in [1.807, 2.05) is 6.08 Å². The van der Waals surface area contributed by atoms with E-state index in [9.17, 15) is 5.11 Å². The van der Waals surface area contributed by atoms with Gasteiger partial charge in [-0.15, -0.1) is 6.58 Å². The van der Waals surface area contributed by atoms with Crippen LogP contribution in [0.3, 0.4) is 0 Å². The van der Waals surface area contributed by atoms with E-state index >= 15 is 0 Å². The van der Waals surface area contributed by atoms with E-state index in [1.54, 1.807) is 6.92 Å². The first kappa shape index (κ1) is 22.6. The van der Waals surface area contributed by atoms with Gasteiger partial charge in [-0.25, -0.2) is 0 Å². The quantitative estimate of drug-likeness (QED) is 0.301. The minimum atomic E-state index is -0.279. The molecule has 23 heavy (non-hydrogen) atoms. The molecule has 0 bridgehead atoms. The van der Waals surface area contributed by atoms with Crippen molar-refractivity contribution < 1.29 is 9.84 Å². The summed E-state index contributed by atoms with van der Waals surface area (Å²) in [5.74, 6) is 0.847. The summed E-state index contributed by atoms with van der Waals surface area (Å²) in [7, 11) is 0. The largest absolute Gasteiger partial charge is 0.392 e. The van der Waals surface area contributed by atoms with E-state index in [0.29, 0.717) is 19.3 Å². The van der Waals surface area contributed by atoms with Crippen LogP contribution in [0.5, 0.6) is 0 Å². The highest BCUT2D eigenvalue weighted by molar-refractivity contribution is 4.68. The Balaban J connectivity index is 3.60. The van der Waals surface area contributed by atoms with Crippen molar-refractivity contribution in [2.75, 3.05) is 19.7 Å². The highest BCUT2D eigenvalue weighted by Gasteiger charge is 2.08. The second kappa shape index (κ2) is 16.5. The third-order valence-electron chi connectivity index (χ3n) is 4.09. The molecule has 0 fully saturated rings. The standard InChI is InChI=1S/C20H41NO2/c1-5-16-23-20(14-15-21-17-19(4)22)13-11-9-7-6-8-10-12-18(2)3/h5,18-22H,1,6-17H2,2-4H3. The molecule has 3 nitrogen and oxygen atoms in total. The van der Waals surface area contributed by atoms with Crippen LogP contribution in [0, 0.1) is 5.92 Å². The molecular formula is C20H41NO2. The zero-order valence-electron chi connectivity index (χ0n) is 15.9. The summed E-state index contributed by atoms with van der Waals surface area (Å²) >= 11 is 0. The number of hydrogen-bond acceptors (Lipinski definition) is 3. The molecule has 2 unspecified atom stereocenters. The minimum absolute atomic E-state index is 0.279. The number of nitrogens with one attached hydrogen (secondary N) is 1. The third kappa shape index (κ3) is 17.8. The molecule has 0 heterocycles. The molecule has 0 aliphatic rings. The topological polar surface area (TPSA) is 41.5 Å². The maximum absolute atomic E-state index is 9.24. The van der Waals surface area contributed by atoms with Crippen LogP contribution in [-0.2, 0) is 4.74 Å². The molecule has 0 aromatic heterocycles. The number of hydrogen-bond donors (Lipinski definition) is 2. The van der Waals surface area contributed by atoms with Crippen molar-refractivity contribution in [3.63, 3.8) is 0 Å². The van der Waals surface area contributed by atoms with E-state index in [-0.39, 0.29) is 6.10 Å². The summed E-state index contributed by atoms with van der Waals surface area (Å²) in [5.41, 5.74) is 0. The number of aliphatic hydroxyl groups excluding tert-OH is 1. The Hall–Kier alpha value is -0.380. The number of unbranched alkanes of at least 4 members (excludes halogenated alkanes) is 5. The Morgan fingerprint density at radius 1 is 0.957 bits per heavy atom. The molecular weight excluding hydrogens is 286 g/mol. The van der Waals surface area contributed by atoms with Gasteiger partial charge >= 0.3 is 0 Å². The summed E-state index contributed by atoms with van der Waals surface area (Å²) in [6.45, 7) is 12.3. The van der Waals surface area contributed by atoms with Gasteiger partial charge in [0.25, 0.3) is 0 Å². The fraction of sp³-hybridized carbons (Fsp3) is 0.900. The van der Waals surface area contributed by atoms with Crippen LogP contribution >= 0.6 is 0 Å². The van der Waals surface area contributed by atoms with Gasteiger partial charge in [0.15, 0.2) is 0 Å². The molecule has 0 radical (unpaired) electrons. The van der Waals surface area contributed by atoms with Gasteiger partial charge in [-0.05, 0) is 32.2 Å².